The topological polar surface area (TPSA) is 115 Å². The summed E-state index contributed by atoms with van der Waals surface area (Å²) in [5.41, 5.74) is -1.71. The number of furan rings is 1. The van der Waals surface area contributed by atoms with Gasteiger partial charge in [-0.2, -0.15) is 13.2 Å². The van der Waals surface area contributed by atoms with Gasteiger partial charge in [0, 0.05) is 0 Å². The lowest BCUT2D eigenvalue weighted by atomic mass is 10.1. The van der Waals surface area contributed by atoms with E-state index in [9.17, 15) is 31.2 Å². The van der Waals surface area contributed by atoms with Crippen molar-refractivity contribution in [3.8, 4) is 0 Å². The van der Waals surface area contributed by atoms with E-state index in [1.54, 1.807) is 12.1 Å². The molecule has 2 N–H and O–H groups in total. The van der Waals surface area contributed by atoms with Crippen LogP contribution in [0.2, 0.25) is 0 Å². The first-order valence-corrected chi connectivity index (χ1v) is 11.3. The predicted molar refractivity (Wildman–Crippen MR) is 114 cm³/mol. The molecule has 3 aromatic rings. The number of carbonyl (C=O) groups excluding carboxylic acids is 2. The predicted octanol–water partition coefficient (Wildman–Crippen LogP) is 3.96. The Balaban J connectivity index is 1.67. The van der Waals surface area contributed by atoms with E-state index < -0.39 is 45.4 Å². The molecule has 0 saturated heterocycles. The van der Waals surface area contributed by atoms with Crippen LogP contribution in [0.5, 0.6) is 0 Å². The first kappa shape index (κ1) is 25.0. The highest BCUT2D eigenvalue weighted by atomic mass is 32.2. The van der Waals surface area contributed by atoms with E-state index in [2.05, 4.69) is 10.0 Å². The molecule has 34 heavy (non-hydrogen) atoms. The molecule has 1 amide bonds. The van der Waals surface area contributed by atoms with E-state index in [-0.39, 0.29) is 17.0 Å². The standard InChI is InChI=1S/C22H19F3N2O6S/c1-14(20(28)27-19-10-3-2-9-18(19)22(23,24)25)33-21(29)15-6-4-8-17(12-15)34(30,31)26-13-16-7-5-11-32-16/h2-12,14,26H,13H2,1H3,(H,27,28). The Hall–Kier alpha value is -3.64. The highest BCUT2D eigenvalue weighted by Gasteiger charge is 2.34. The van der Waals surface area contributed by atoms with Gasteiger partial charge in [-0.15, -0.1) is 0 Å². The number of hydrogen-bond donors (Lipinski definition) is 2. The number of esters is 1. The minimum Gasteiger partial charge on any atom is -0.468 e. The highest BCUT2D eigenvalue weighted by molar-refractivity contribution is 7.89. The minimum atomic E-state index is -4.69. The summed E-state index contributed by atoms with van der Waals surface area (Å²) in [6.07, 6.45) is -4.77. The summed E-state index contributed by atoms with van der Waals surface area (Å²) in [6.45, 7) is 1.07. The lowest BCUT2D eigenvalue weighted by molar-refractivity contribution is -0.137. The van der Waals surface area contributed by atoms with Crippen LogP contribution < -0.4 is 10.0 Å². The maximum atomic E-state index is 13.1. The molecule has 12 heteroatoms. The van der Waals surface area contributed by atoms with E-state index in [1.807, 2.05) is 0 Å². The molecule has 2 aromatic carbocycles. The SMILES string of the molecule is CC(OC(=O)c1cccc(S(=O)(=O)NCc2ccco2)c1)C(=O)Nc1ccccc1C(F)(F)F. The Bertz CT molecular complexity index is 1270. The van der Waals surface area contributed by atoms with Crippen molar-refractivity contribution < 1.29 is 40.3 Å². The fraction of sp³-hybridized carbons (Fsp3) is 0.182. The molecule has 3 rings (SSSR count). The van der Waals surface area contributed by atoms with Crippen molar-refractivity contribution in [1.29, 1.82) is 0 Å². The monoisotopic (exact) mass is 496 g/mol. The van der Waals surface area contributed by atoms with Gasteiger partial charge in [0.2, 0.25) is 10.0 Å². The molecule has 1 unspecified atom stereocenters. The van der Waals surface area contributed by atoms with Gasteiger partial charge in [0.15, 0.2) is 6.10 Å². The third-order valence-electron chi connectivity index (χ3n) is 4.54. The first-order chi connectivity index (χ1) is 16.0. The summed E-state index contributed by atoms with van der Waals surface area (Å²) in [5, 5.41) is 2.09. The quantitative estimate of drug-likeness (QED) is 0.457. The number of halogens is 3. The number of anilines is 1. The number of rotatable bonds is 8. The molecule has 1 atom stereocenters. The van der Waals surface area contributed by atoms with Gasteiger partial charge in [-0.25, -0.2) is 17.9 Å². The zero-order valence-electron chi connectivity index (χ0n) is 17.6. The van der Waals surface area contributed by atoms with E-state index in [0.29, 0.717) is 5.76 Å². The number of benzene rings is 2. The second kappa shape index (κ2) is 10.1. The summed E-state index contributed by atoms with van der Waals surface area (Å²) in [6, 6.07) is 12.4. The zero-order valence-corrected chi connectivity index (χ0v) is 18.4. The molecule has 0 aliphatic rings. The molecule has 1 aromatic heterocycles. The van der Waals surface area contributed by atoms with Crippen molar-refractivity contribution in [2.75, 3.05) is 5.32 Å². The molecule has 8 nitrogen and oxygen atoms in total. The van der Waals surface area contributed by atoms with E-state index >= 15 is 0 Å². The molecule has 0 saturated carbocycles. The van der Waals surface area contributed by atoms with Gasteiger partial charge in [-0.3, -0.25) is 4.79 Å². The number of ether oxygens (including phenoxy) is 1. The van der Waals surface area contributed by atoms with Crippen LogP contribution in [0.1, 0.15) is 28.6 Å². The average Bonchev–Trinajstić information content (AvgIpc) is 3.31. The molecular weight excluding hydrogens is 477 g/mol. The fourth-order valence-corrected chi connectivity index (χ4v) is 3.85. The molecule has 0 radical (unpaired) electrons. The second-order valence-corrected chi connectivity index (χ2v) is 8.78. The Morgan fingerprint density at radius 1 is 1.06 bits per heavy atom. The van der Waals surface area contributed by atoms with Gasteiger partial charge in [-0.05, 0) is 49.4 Å². The number of sulfonamides is 1. The van der Waals surface area contributed by atoms with Gasteiger partial charge >= 0.3 is 12.1 Å². The van der Waals surface area contributed by atoms with Crippen molar-refractivity contribution in [2.45, 2.75) is 30.6 Å². The number of amides is 1. The van der Waals surface area contributed by atoms with Crippen LogP contribution in [0.15, 0.2) is 76.2 Å². The number of para-hydroxylation sites is 1. The molecule has 0 fully saturated rings. The molecule has 0 bridgehead atoms. The molecule has 0 aliphatic carbocycles. The fourth-order valence-electron chi connectivity index (χ4n) is 2.81. The minimum absolute atomic E-state index is 0.111. The van der Waals surface area contributed by atoms with Crippen LogP contribution in [0.3, 0.4) is 0 Å². The van der Waals surface area contributed by atoms with Gasteiger partial charge in [0.1, 0.15) is 5.76 Å². The molecule has 1 heterocycles. The summed E-state index contributed by atoms with van der Waals surface area (Å²) in [5.74, 6) is -1.64. The second-order valence-electron chi connectivity index (χ2n) is 7.01. The third kappa shape index (κ3) is 6.23. The summed E-state index contributed by atoms with van der Waals surface area (Å²) >= 11 is 0. The number of carbonyl (C=O) groups is 2. The molecular formula is C22H19F3N2O6S. The van der Waals surface area contributed by atoms with Gasteiger partial charge in [0.25, 0.3) is 5.91 Å². The summed E-state index contributed by atoms with van der Waals surface area (Å²) in [7, 11) is -4.00. The number of nitrogens with one attached hydrogen (secondary N) is 2. The summed E-state index contributed by atoms with van der Waals surface area (Å²) in [4.78, 5) is 24.5. The highest BCUT2D eigenvalue weighted by Crippen LogP contribution is 2.34. The van der Waals surface area contributed by atoms with Gasteiger partial charge < -0.3 is 14.5 Å². The van der Waals surface area contributed by atoms with E-state index in [1.165, 1.54) is 43.5 Å². The molecule has 180 valence electrons. The van der Waals surface area contributed by atoms with E-state index in [0.717, 1.165) is 18.2 Å². The van der Waals surface area contributed by atoms with Gasteiger partial charge in [0.05, 0.1) is 34.5 Å². The summed E-state index contributed by atoms with van der Waals surface area (Å²) < 4.78 is 76.7. The Morgan fingerprint density at radius 2 is 1.79 bits per heavy atom. The van der Waals surface area contributed by atoms with Crippen LogP contribution in [0, 0.1) is 0 Å². The first-order valence-electron chi connectivity index (χ1n) is 9.77. The number of alkyl halides is 3. The Morgan fingerprint density at radius 3 is 2.47 bits per heavy atom. The lowest BCUT2D eigenvalue weighted by Crippen LogP contribution is -2.31. The third-order valence-corrected chi connectivity index (χ3v) is 5.94. The lowest BCUT2D eigenvalue weighted by Gasteiger charge is -2.17. The molecule has 0 aliphatic heterocycles. The Kier molecular flexibility index (Phi) is 7.42. The average molecular weight is 496 g/mol. The Labute approximate surface area is 192 Å². The maximum Gasteiger partial charge on any atom is 0.418 e. The van der Waals surface area contributed by atoms with Crippen LogP contribution in [0.25, 0.3) is 0 Å². The van der Waals surface area contributed by atoms with Crippen molar-refractivity contribution in [3.63, 3.8) is 0 Å². The zero-order chi connectivity index (χ0) is 24.9. The number of hydrogen-bond acceptors (Lipinski definition) is 6. The van der Waals surface area contributed by atoms with Gasteiger partial charge in [-0.1, -0.05) is 18.2 Å². The van der Waals surface area contributed by atoms with Crippen LogP contribution >= 0.6 is 0 Å². The van der Waals surface area contributed by atoms with Crippen molar-refractivity contribution in [2.24, 2.45) is 0 Å². The smallest absolute Gasteiger partial charge is 0.418 e. The van der Waals surface area contributed by atoms with Crippen molar-refractivity contribution in [3.05, 3.63) is 83.8 Å². The largest absolute Gasteiger partial charge is 0.468 e. The maximum absolute atomic E-state index is 13.1. The normalized spacial score (nSPS) is 12.7. The van der Waals surface area contributed by atoms with Crippen LogP contribution in [-0.2, 0) is 32.3 Å². The van der Waals surface area contributed by atoms with E-state index in [4.69, 9.17) is 9.15 Å². The van der Waals surface area contributed by atoms with Crippen LogP contribution in [-0.4, -0.2) is 26.4 Å². The van der Waals surface area contributed by atoms with Crippen molar-refractivity contribution >= 4 is 27.6 Å². The molecule has 0 spiro atoms. The van der Waals surface area contributed by atoms with Crippen molar-refractivity contribution in [1.82, 2.24) is 4.72 Å². The van der Waals surface area contributed by atoms with Crippen LogP contribution in [0.4, 0.5) is 18.9 Å².